The molecule has 3 aromatic rings. The number of rotatable bonds is 3. The van der Waals surface area contributed by atoms with Crippen LogP contribution in [0.3, 0.4) is 0 Å². The molecular formula is C15H13ClFN3. The molecule has 0 radical (unpaired) electrons. The predicted molar refractivity (Wildman–Crippen MR) is 77.3 cm³/mol. The zero-order chi connectivity index (χ0) is 14.1. The van der Waals surface area contributed by atoms with Crippen molar-refractivity contribution in [2.24, 2.45) is 0 Å². The van der Waals surface area contributed by atoms with Gasteiger partial charge in [0.2, 0.25) is 0 Å². The minimum atomic E-state index is -0.276. The van der Waals surface area contributed by atoms with Crippen molar-refractivity contribution in [3.63, 3.8) is 0 Å². The maximum absolute atomic E-state index is 13.5. The van der Waals surface area contributed by atoms with Crippen molar-refractivity contribution in [2.45, 2.75) is 18.8 Å². The van der Waals surface area contributed by atoms with E-state index in [9.17, 15) is 4.39 Å². The minimum absolute atomic E-state index is 0.0125. The van der Waals surface area contributed by atoms with Crippen molar-refractivity contribution in [1.29, 1.82) is 0 Å². The number of nitrogens with zero attached hydrogens (tertiary/aromatic N) is 3. The van der Waals surface area contributed by atoms with Crippen LogP contribution in [0.15, 0.2) is 42.7 Å². The summed E-state index contributed by atoms with van der Waals surface area (Å²) in [7, 11) is 0. The summed E-state index contributed by atoms with van der Waals surface area (Å²) >= 11 is 5.99. The van der Waals surface area contributed by atoms with Crippen LogP contribution in [0.25, 0.3) is 11.0 Å². The van der Waals surface area contributed by atoms with E-state index < -0.39 is 0 Å². The van der Waals surface area contributed by atoms with Gasteiger partial charge >= 0.3 is 0 Å². The number of alkyl halides is 1. The number of hydrogen-bond acceptors (Lipinski definition) is 2. The van der Waals surface area contributed by atoms with Crippen LogP contribution in [-0.2, 0) is 5.88 Å². The monoisotopic (exact) mass is 289 g/mol. The van der Waals surface area contributed by atoms with Crippen molar-refractivity contribution in [1.82, 2.24) is 14.5 Å². The average Bonchev–Trinajstić information content (AvgIpc) is 2.85. The van der Waals surface area contributed by atoms with Crippen molar-refractivity contribution in [2.75, 3.05) is 0 Å². The van der Waals surface area contributed by atoms with Gasteiger partial charge in [-0.05, 0) is 42.8 Å². The van der Waals surface area contributed by atoms with E-state index in [0.717, 1.165) is 22.4 Å². The maximum atomic E-state index is 13.5. The summed E-state index contributed by atoms with van der Waals surface area (Å²) in [5.41, 5.74) is 2.59. The molecule has 20 heavy (non-hydrogen) atoms. The normalized spacial score (nSPS) is 12.8. The largest absolute Gasteiger partial charge is 0.320 e. The molecule has 1 atom stereocenters. The standard InChI is InChI=1S/C15H13ClFN3/c1-10(11-4-6-18-7-5-11)20-14-8-12(17)2-3-13(14)19-15(20)9-16/h2-8,10H,9H2,1H3. The first-order valence-electron chi connectivity index (χ1n) is 6.33. The van der Waals surface area contributed by atoms with E-state index in [1.807, 2.05) is 23.6 Å². The Labute approximate surface area is 121 Å². The third kappa shape index (κ3) is 2.16. The number of fused-ring (bicyclic) bond motifs is 1. The van der Waals surface area contributed by atoms with Crippen molar-refractivity contribution in [3.8, 4) is 0 Å². The average molecular weight is 290 g/mol. The number of halogens is 2. The first kappa shape index (κ1) is 13.1. The van der Waals surface area contributed by atoms with Crippen LogP contribution in [-0.4, -0.2) is 14.5 Å². The Balaban J connectivity index is 2.21. The van der Waals surface area contributed by atoms with Crippen molar-refractivity contribution in [3.05, 3.63) is 59.9 Å². The molecule has 0 aliphatic heterocycles. The molecule has 0 saturated carbocycles. The predicted octanol–water partition coefficient (Wildman–Crippen LogP) is 3.92. The Morgan fingerprint density at radius 1 is 1.25 bits per heavy atom. The van der Waals surface area contributed by atoms with Crippen molar-refractivity contribution >= 4 is 22.6 Å². The number of aromatic nitrogens is 3. The quantitative estimate of drug-likeness (QED) is 0.684. The summed E-state index contributed by atoms with van der Waals surface area (Å²) in [6.07, 6.45) is 3.48. The molecule has 5 heteroatoms. The SMILES string of the molecule is CC(c1ccncc1)n1c(CCl)nc2ccc(F)cc21. The number of hydrogen-bond donors (Lipinski definition) is 0. The molecule has 3 rings (SSSR count). The van der Waals surface area contributed by atoms with Gasteiger partial charge in [0.25, 0.3) is 0 Å². The summed E-state index contributed by atoms with van der Waals surface area (Å²) in [4.78, 5) is 8.48. The molecule has 0 aliphatic rings. The Kier molecular flexibility index (Phi) is 3.40. The van der Waals surface area contributed by atoms with Gasteiger partial charge in [-0.15, -0.1) is 11.6 Å². The Morgan fingerprint density at radius 3 is 2.70 bits per heavy atom. The van der Waals surface area contributed by atoms with Crippen LogP contribution in [0.1, 0.15) is 24.4 Å². The topological polar surface area (TPSA) is 30.7 Å². The third-order valence-electron chi connectivity index (χ3n) is 3.42. The molecule has 0 fully saturated rings. The highest BCUT2D eigenvalue weighted by Gasteiger charge is 2.17. The molecule has 2 aromatic heterocycles. The van der Waals surface area contributed by atoms with Gasteiger partial charge in [-0.2, -0.15) is 0 Å². The Hall–Kier alpha value is -1.94. The van der Waals surface area contributed by atoms with Crippen LogP contribution < -0.4 is 0 Å². The molecular weight excluding hydrogens is 277 g/mol. The van der Waals surface area contributed by atoms with Crippen LogP contribution >= 0.6 is 11.6 Å². The van der Waals surface area contributed by atoms with Crippen LogP contribution in [0, 0.1) is 5.82 Å². The Morgan fingerprint density at radius 2 is 2.00 bits per heavy atom. The molecule has 0 saturated heterocycles. The second-order valence-corrected chi connectivity index (χ2v) is 4.89. The van der Waals surface area contributed by atoms with E-state index in [1.54, 1.807) is 18.5 Å². The minimum Gasteiger partial charge on any atom is -0.320 e. The fourth-order valence-corrected chi connectivity index (χ4v) is 2.62. The highest BCUT2D eigenvalue weighted by atomic mass is 35.5. The lowest BCUT2D eigenvalue weighted by atomic mass is 10.1. The van der Waals surface area contributed by atoms with Crippen LogP contribution in [0.5, 0.6) is 0 Å². The molecule has 0 amide bonds. The van der Waals surface area contributed by atoms with E-state index in [1.165, 1.54) is 12.1 Å². The third-order valence-corrected chi connectivity index (χ3v) is 3.66. The summed E-state index contributed by atoms with van der Waals surface area (Å²) in [6, 6.07) is 8.47. The lowest BCUT2D eigenvalue weighted by Crippen LogP contribution is -2.10. The molecule has 2 heterocycles. The van der Waals surface area contributed by atoms with E-state index in [0.29, 0.717) is 0 Å². The molecule has 1 unspecified atom stereocenters. The molecule has 102 valence electrons. The van der Waals surface area contributed by atoms with Gasteiger partial charge in [0.1, 0.15) is 11.6 Å². The molecule has 0 bridgehead atoms. The number of pyridine rings is 1. The van der Waals surface area contributed by atoms with Crippen molar-refractivity contribution < 1.29 is 4.39 Å². The maximum Gasteiger partial charge on any atom is 0.125 e. The smallest absolute Gasteiger partial charge is 0.125 e. The molecule has 0 spiro atoms. The summed E-state index contributed by atoms with van der Waals surface area (Å²) in [5, 5.41) is 0. The van der Waals surface area contributed by atoms with Crippen LogP contribution in [0.2, 0.25) is 0 Å². The second-order valence-electron chi connectivity index (χ2n) is 4.62. The molecule has 3 nitrogen and oxygen atoms in total. The summed E-state index contributed by atoms with van der Waals surface area (Å²) in [6.45, 7) is 2.04. The van der Waals surface area contributed by atoms with E-state index in [2.05, 4.69) is 9.97 Å². The zero-order valence-corrected chi connectivity index (χ0v) is 11.7. The van der Waals surface area contributed by atoms with Gasteiger partial charge in [0, 0.05) is 12.4 Å². The van der Waals surface area contributed by atoms with E-state index in [4.69, 9.17) is 11.6 Å². The summed E-state index contributed by atoms with van der Waals surface area (Å²) < 4.78 is 15.5. The second kappa shape index (κ2) is 5.21. The summed E-state index contributed by atoms with van der Waals surface area (Å²) in [5.74, 6) is 0.740. The fourth-order valence-electron chi connectivity index (χ4n) is 2.43. The Bertz CT molecular complexity index is 739. The number of benzene rings is 1. The van der Waals surface area contributed by atoms with Crippen LogP contribution in [0.4, 0.5) is 4.39 Å². The van der Waals surface area contributed by atoms with E-state index >= 15 is 0 Å². The lowest BCUT2D eigenvalue weighted by molar-refractivity contribution is 0.617. The van der Waals surface area contributed by atoms with Gasteiger partial charge in [-0.1, -0.05) is 0 Å². The van der Waals surface area contributed by atoms with E-state index in [-0.39, 0.29) is 17.7 Å². The lowest BCUT2D eigenvalue weighted by Gasteiger charge is -2.17. The van der Waals surface area contributed by atoms with Gasteiger partial charge in [-0.25, -0.2) is 9.37 Å². The molecule has 0 aliphatic carbocycles. The first-order valence-corrected chi connectivity index (χ1v) is 6.86. The highest BCUT2D eigenvalue weighted by Crippen LogP contribution is 2.27. The zero-order valence-electron chi connectivity index (χ0n) is 10.9. The van der Waals surface area contributed by atoms with Gasteiger partial charge in [-0.3, -0.25) is 4.98 Å². The molecule has 0 N–H and O–H groups in total. The number of imidazole rings is 1. The van der Waals surface area contributed by atoms with Gasteiger partial charge < -0.3 is 4.57 Å². The van der Waals surface area contributed by atoms with Gasteiger partial charge in [0.15, 0.2) is 0 Å². The fraction of sp³-hybridized carbons (Fsp3) is 0.200. The highest BCUT2D eigenvalue weighted by molar-refractivity contribution is 6.16. The first-order chi connectivity index (χ1) is 9.70. The molecule has 1 aromatic carbocycles. The van der Waals surface area contributed by atoms with Gasteiger partial charge in [0.05, 0.1) is 23.0 Å².